The molecule has 3 atom stereocenters. The molecule has 11 heteroatoms. The Bertz CT molecular complexity index is 1220. The van der Waals surface area contributed by atoms with Crippen molar-refractivity contribution in [2.45, 2.75) is 167 Å². The maximum atomic E-state index is 12.6. The minimum atomic E-state index is -4.64. The van der Waals surface area contributed by atoms with Gasteiger partial charge < -0.3 is 24.6 Å². The van der Waals surface area contributed by atoms with Crippen LogP contribution in [0.25, 0.3) is 0 Å². The average Bonchev–Trinajstić information content (AvgIpc) is 3.20. The van der Waals surface area contributed by atoms with Gasteiger partial charge in [-0.1, -0.05) is 137 Å². The highest BCUT2D eigenvalue weighted by molar-refractivity contribution is 7.47. The highest BCUT2D eigenvalue weighted by atomic mass is 31.2. The molecular weight excluding hydrogens is 743 g/mol. The topological polar surface area (TPSA) is 149 Å². The van der Waals surface area contributed by atoms with E-state index in [1.54, 1.807) is 0 Å². The summed E-state index contributed by atoms with van der Waals surface area (Å²) in [4.78, 5) is 35.0. The number of aliphatic hydroxyl groups is 2. The lowest BCUT2D eigenvalue weighted by molar-refractivity contribution is -0.161. The Kier molecular flexibility index (Phi) is 39.2. The van der Waals surface area contributed by atoms with Gasteiger partial charge in [0.25, 0.3) is 0 Å². The number of phosphoric acid groups is 1. The molecule has 0 aliphatic rings. The standard InChI is InChI=1S/C46H77O10P/c1-3-5-7-9-11-13-15-17-19-20-21-22-24-25-27-29-31-33-35-37-45(49)53-41-44(42-55-57(51,52)54-40-43(48)39-47)56-46(50)38-36-34-32-30-28-26-23-18-16-14-12-10-8-6-4-2/h5,7,11,13,17-19,21-23,25,27-28,30,43-44,47-48H,3-4,6,8-10,12,14-16,20,24,26,29,31-42H2,1-2H3,(H,51,52)/b7-5+,13-11+,19-17+,22-21+,23-18+,27-25+,30-28+/t43-,44+/m0/s1. The van der Waals surface area contributed by atoms with Crippen molar-refractivity contribution >= 4 is 19.8 Å². The minimum Gasteiger partial charge on any atom is -0.462 e. The van der Waals surface area contributed by atoms with Gasteiger partial charge in [-0.15, -0.1) is 0 Å². The van der Waals surface area contributed by atoms with Gasteiger partial charge in [0.15, 0.2) is 6.10 Å². The molecule has 326 valence electrons. The van der Waals surface area contributed by atoms with Gasteiger partial charge in [0, 0.05) is 12.8 Å². The first-order valence-electron chi connectivity index (χ1n) is 21.5. The molecule has 57 heavy (non-hydrogen) atoms. The Morgan fingerprint density at radius 1 is 0.544 bits per heavy atom. The van der Waals surface area contributed by atoms with E-state index < -0.39 is 51.8 Å². The van der Waals surface area contributed by atoms with E-state index in [9.17, 15) is 24.2 Å². The molecule has 0 aromatic carbocycles. The fourth-order valence-electron chi connectivity index (χ4n) is 5.22. The van der Waals surface area contributed by atoms with Crippen molar-refractivity contribution in [1.82, 2.24) is 0 Å². The number of phosphoric ester groups is 1. The van der Waals surface area contributed by atoms with Crippen LogP contribution in [0.2, 0.25) is 0 Å². The molecule has 0 saturated carbocycles. The Morgan fingerprint density at radius 3 is 1.49 bits per heavy atom. The number of rotatable bonds is 39. The monoisotopic (exact) mass is 821 g/mol. The summed E-state index contributed by atoms with van der Waals surface area (Å²) >= 11 is 0. The van der Waals surface area contributed by atoms with Crippen LogP contribution in [0.4, 0.5) is 0 Å². The van der Waals surface area contributed by atoms with Gasteiger partial charge in [0.1, 0.15) is 12.7 Å². The Labute approximate surface area is 345 Å². The third-order valence-corrected chi connectivity index (χ3v) is 9.48. The van der Waals surface area contributed by atoms with Crippen LogP contribution in [0.1, 0.15) is 155 Å². The molecule has 3 N–H and O–H groups in total. The zero-order valence-corrected chi connectivity index (χ0v) is 36.2. The number of carbonyl (C=O) groups is 2. The van der Waals surface area contributed by atoms with E-state index in [4.69, 9.17) is 19.1 Å². The van der Waals surface area contributed by atoms with Crippen LogP contribution in [0, 0.1) is 0 Å². The fraction of sp³-hybridized carbons (Fsp3) is 0.652. The van der Waals surface area contributed by atoms with Crippen LogP contribution >= 0.6 is 7.82 Å². The molecule has 0 rings (SSSR count). The fourth-order valence-corrected chi connectivity index (χ4v) is 6.01. The van der Waals surface area contributed by atoms with Gasteiger partial charge in [-0.2, -0.15) is 0 Å². The van der Waals surface area contributed by atoms with Crippen molar-refractivity contribution in [2.24, 2.45) is 0 Å². The molecule has 0 aromatic rings. The summed E-state index contributed by atoms with van der Waals surface area (Å²) in [5.41, 5.74) is 0. The van der Waals surface area contributed by atoms with Crippen molar-refractivity contribution in [2.75, 3.05) is 26.4 Å². The SMILES string of the molecule is CC/C=C/C/C=C/C/C=C/C/C=C/C/C=C/CCCCCC(=O)OC[C@H](COP(=O)(O)OC[C@@H](O)CO)OC(=O)CCCC/C=C/C/C=C/CCCCCCCC. The molecular formula is C46H77O10P. The minimum absolute atomic E-state index is 0.129. The van der Waals surface area contributed by atoms with Crippen LogP contribution < -0.4 is 0 Å². The molecule has 0 aliphatic heterocycles. The second-order valence-electron chi connectivity index (χ2n) is 14.0. The zero-order chi connectivity index (χ0) is 41.9. The number of hydrogen-bond acceptors (Lipinski definition) is 9. The first-order valence-corrected chi connectivity index (χ1v) is 23.0. The lowest BCUT2D eigenvalue weighted by Crippen LogP contribution is -2.29. The van der Waals surface area contributed by atoms with Crippen LogP contribution in [0.3, 0.4) is 0 Å². The molecule has 0 fully saturated rings. The predicted molar refractivity (Wildman–Crippen MR) is 233 cm³/mol. The molecule has 0 aliphatic carbocycles. The van der Waals surface area contributed by atoms with Gasteiger partial charge in [-0.25, -0.2) is 4.57 Å². The highest BCUT2D eigenvalue weighted by Crippen LogP contribution is 2.43. The predicted octanol–water partition coefficient (Wildman–Crippen LogP) is 11.4. The number of carbonyl (C=O) groups excluding carboxylic acids is 2. The summed E-state index contributed by atoms with van der Waals surface area (Å²) in [6.07, 6.45) is 48.4. The van der Waals surface area contributed by atoms with Crippen molar-refractivity contribution in [3.63, 3.8) is 0 Å². The van der Waals surface area contributed by atoms with Crippen LogP contribution in [0.5, 0.6) is 0 Å². The quantitative estimate of drug-likeness (QED) is 0.0237. The van der Waals surface area contributed by atoms with E-state index in [1.165, 1.54) is 38.5 Å². The second-order valence-corrected chi connectivity index (χ2v) is 15.4. The molecule has 10 nitrogen and oxygen atoms in total. The third kappa shape index (κ3) is 41.1. The number of allylic oxidation sites excluding steroid dienone is 14. The highest BCUT2D eigenvalue weighted by Gasteiger charge is 2.27. The van der Waals surface area contributed by atoms with Gasteiger partial charge in [0.2, 0.25) is 0 Å². The first kappa shape index (κ1) is 54.2. The number of unbranched alkanes of at least 4 members (excludes halogenated alkanes) is 11. The van der Waals surface area contributed by atoms with Gasteiger partial charge in [0.05, 0.1) is 19.8 Å². The summed E-state index contributed by atoms with van der Waals surface area (Å²) in [6, 6.07) is 0. The van der Waals surface area contributed by atoms with E-state index in [0.29, 0.717) is 12.8 Å². The summed E-state index contributed by atoms with van der Waals surface area (Å²) in [7, 11) is -4.64. The Morgan fingerprint density at radius 2 is 0.965 bits per heavy atom. The number of aliphatic hydroxyl groups excluding tert-OH is 2. The van der Waals surface area contributed by atoms with E-state index in [2.05, 4.69) is 103 Å². The van der Waals surface area contributed by atoms with Crippen molar-refractivity contribution in [1.29, 1.82) is 0 Å². The van der Waals surface area contributed by atoms with E-state index in [-0.39, 0.29) is 19.4 Å². The van der Waals surface area contributed by atoms with E-state index in [1.807, 2.05) is 0 Å². The van der Waals surface area contributed by atoms with E-state index in [0.717, 1.165) is 77.0 Å². The van der Waals surface area contributed by atoms with Crippen LogP contribution in [0.15, 0.2) is 85.1 Å². The summed E-state index contributed by atoms with van der Waals surface area (Å²) in [5, 5.41) is 18.3. The van der Waals surface area contributed by atoms with E-state index >= 15 is 0 Å². The molecule has 0 radical (unpaired) electrons. The summed E-state index contributed by atoms with van der Waals surface area (Å²) in [5.74, 6) is -1.01. The maximum absolute atomic E-state index is 12.6. The third-order valence-electron chi connectivity index (χ3n) is 8.53. The molecule has 0 saturated heterocycles. The molecule has 1 unspecified atom stereocenters. The van der Waals surface area contributed by atoms with Crippen LogP contribution in [-0.2, 0) is 32.7 Å². The van der Waals surface area contributed by atoms with Crippen molar-refractivity contribution in [3.8, 4) is 0 Å². The molecule has 0 amide bonds. The average molecular weight is 821 g/mol. The number of esters is 2. The number of ether oxygens (including phenoxy) is 2. The van der Waals surface area contributed by atoms with Gasteiger partial charge in [-0.05, 0) is 89.9 Å². The molecule has 0 aromatic heterocycles. The Hall–Kier alpha value is -2.85. The molecule has 0 bridgehead atoms. The van der Waals surface area contributed by atoms with Gasteiger partial charge >= 0.3 is 19.8 Å². The second kappa shape index (κ2) is 41.3. The zero-order valence-electron chi connectivity index (χ0n) is 35.3. The van der Waals surface area contributed by atoms with Crippen molar-refractivity contribution < 1.29 is 47.8 Å². The summed E-state index contributed by atoms with van der Waals surface area (Å²) < 4.78 is 32.6. The van der Waals surface area contributed by atoms with Gasteiger partial charge in [-0.3, -0.25) is 18.6 Å². The lowest BCUT2D eigenvalue weighted by atomic mass is 10.1. The maximum Gasteiger partial charge on any atom is 0.472 e. The van der Waals surface area contributed by atoms with Crippen molar-refractivity contribution in [3.05, 3.63) is 85.1 Å². The Balaban J connectivity index is 4.43. The largest absolute Gasteiger partial charge is 0.472 e. The molecule has 0 heterocycles. The van der Waals surface area contributed by atoms with Crippen LogP contribution in [-0.4, -0.2) is 65.7 Å². The smallest absolute Gasteiger partial charge is 0.462 e. The normalized spacial score (nSPS) is 14.7. The number of hydrogen-bond donors (Lipinski definition) is 3. The first-order chi connectivity index (χ1) is 27.7. The summed E-state index contributed by atoms with van der Waals surface area (Å²) in [6.45, 7) is 2.16. The molecule has 0 spiro atoms. The lowest BCUT2D eigenvalue weighted by Gasteiger charge is -2.20.